The van der Waals surface area contributed by atoms with Gasteiger partial charge in [0.25, 0.3) is 17.5 Å². The van der Waals surface area contributed by atoms with E-state index in [2.05, 4.69) is 10.3 Å². The van der Waals surface area contributed by atoms with Crippen molar-refractivity contribution in [3.05, 3.63) is 23.3 Å². The number of hydrogen-bond acceptors (Lipinski definition) is 4. The van der Waals surface area contributed by atoms with Crippen LogP contribution in [0, 0.1) is 13.8 Å². The Balaban J connectivity index is 1.69. The number of amides is 2. The molecule has 1 aromatic heterocycles. The van der Waals surface area contributed by atoms with Crippen molar-refractivity contribution in [1.82, 2.24) is 19.8 Å². The second-order valence-electron chi connectivity index (χ2n) is 7.72. The monoisotopic (exact) mass is 431 g/mol. The maximum Gasteiger partial charge on any atom is 0.440 e. The van der Waals surface area contributed by atoms with Gasteiger partial charge in [0.1, 0.15) is 0 Å². The highest BCUT2D eigenvalue weighted by atomic mass is 19.4. The van der Waals surface area contributed by atoms with Crippen LogP contribution in [0.2, 0.25) is 0 Å². The fraction of sp³-hybridized carbons (Fsp3) is 0.500. The molecule has 0 bridgehead atoms. The highest BCUT2D eigenvalue weighted by molar-refractivity contribution is 6.05. The summed E-state index contributed by atoms with van der Waals surface area (Å²) in [7, 11) is 0. The van der Waals surface area contributed by atoms with Gasteiger partial charge in [-0.25, -0.2) is 13.8 Å². The topological polar surface area (TPSA) is 79.3 Å². The van der Waals surface area contributed by atoms with Crippen LogP contribution in [0.15, 0.2) is 12.1 Å². The van der Waals surface area contributed by atoms with Gasteiger partial charge in [0.2, 0.25) is 11.9 Å². The van der Waals surface area contributed by atoms with E-state index in [0.29, 0.717) is 10.1 Å². The van der Waals surface area contributed by atoms with Crippen LogP contribution in [0.3, 0.4) is 0 Å². The minimum absolute atomic E-state index is 0.0338. The number of nitrogens with one attached hydrogen (secondary N) is 2. The van der Waals surface area contributed by atoms with Crippen LogP contribution in [0.5, 0.6) is 0 Å². The lowest BCUT2D eigenvalue weighted by Gasteiger charge is -2.38. The van der Waals surface area contributed by atoms with Crippen molar-refractivity contribution in [1.29, 1.82) is 0 Å². The Morgan fingerprint density at radius 1 is 1.23 bits per heavy atom. The summed E-state index contributed by atoms with van der Waals surface area (Å²) < 4.78 is 69.1. The number of rotatable bonds is 4. The molecule has 4 rings (SSSR count). The molecule has 0 saturated carbocycles. The fourth-order valence-electron chi connectivity index (χ4n) is 3.78. The molecular weight excluding hydrogens is 413 g/mol. The van der Waals surface area contributed by atoms with Crippen molar-refractivity contribution < 1.29 is 31.5 Å². The lowest BCUT2D eigenvalue weighted by Crippen LogP contribution is -2.64. The summed E-state index contributed by atoms with van der Waals surface area (Å²) in [6, 6.07) is 3.06. The molecule has 2 amide bonds. The van der Waals surface area contributed by atoms with Crippen molar-refractivity contribution in [3.8, 4) is 0 Å². The number of carbonyl (C=O) groups excluding carboxylic acids is 2. The second-order valence-corrected chi connectivity index (χ2v) is 7.72. The Bertz CT molecular complexity index is 1060. The van der Waals surface area contributed by atoms with Crippen LogP contribution in [0.25, 0.3) is 11.0 Å². The summed E-state index contributed by atoms with van der Waals surface area (Å²) in [5.41, 5.74) is -1.62. The molecule has 0 aliphatic carbocycles. The fourth-order valence-corrected chi connectivity index (χ4v) is 3.78. The molecule has 1 fully saturated rings. The number of carbonyl (C=O) groups is 2. The molecule has 1 saturated heterocycles. The van der Waals surface area contributed by atoms with Crippen LogP contribution in [0.4, 0.5) is 27.9 Å². The van der Waals surface area contributed by atoms with E-state index in [1.54, 1.807) is 19.9 Å². The molecule has 2 aromatic rings. The summed E-state index contributed by atoms with van der Waals surface area (Å²) in [6.45, 7) is 2.22. The molecule has 1 atom stereocenters. The van der Waals surface area contributed by atoms with Crippen molar-refractivity contribution in [2.75, 3.05) is 25.0 Å². The van der Waals surface area contributed by atoms with E-state index in [0.717, 1.165) is 5.56 Å². The molecule has 1 aromatic carbocycles. The third-order valence-electron chi connectivity index (χ3n) is 5.45. The van der Waals surface area contributed by atoms with Crippen LogP contribution >= 0.6 is 0 Å². The van der Waals surface area contributed by atoms with E-state index in [1.165, 1.54) is 11.0 Å². The highest BCUT2D eigenvalue weighted by Crippen LogP contribution is 2.44. The Morgan fingerprint density at radius 2 is 1.87 bits per heavy atom. The number of aromatic nitrogens is 2. The SMILES string of the molecule is Cc1cc2nc3n(c2cc1C)C(NC(=O)CCN1CC(F)(F)C1)(C(F)(F)F)C(=O)N3. The van der Waals surface area contributed by atoms with Gasteiger partial charge in [-0.2, -0.15) is 13.2 Å². The number of likely N-dealkylation sites (tertiary alicyclic amines) is 1. The van der Waals surface area contributed by atoms with Crippen molar-refractivity contribution in [2.45, 2.75) is 38.0 Å². The van der Waals surface area contributed by atoms with E-state index in [9.17, 15) is 31.5 Å². The quantitative estimate of drug-likeness (QED) is 0.729. The summed E-state index contributed by atoms with van der Waals surface area (Å²) >= 11 is 0. The summed E-state index contributed by atoms with van der Waals surface area (Å²) in [5.74, 6) is -5.76. The first kappa shape index (κ1) is 20.5. The van der Waals surface area contributed by atoms with Gasteiger partial charge < -0.3 is 5.32 Å². The number of anilines is 1. The zero-order valence-electron chi connectivity index (χ0n) is 16.0. The molecule has 30 heavy (non-hydrogen) atoms. The second kappa shape index (κ2) is 6.37. The molecule has 2 aliphatic rings. The predicted molar refractivity (Wildman–Crippen MR) is 96.0 cm³/mol. The van der Waals surface area contributed by atoms with Crippen molar-refractivity contribution in [3.63, 3.8) is 0 Å². The zero-order chi connectivity index (χ0) is 22.1. The van der Waals surface area contributed by atoms with Gasteiger partial charge in [-0.1, -0.05) is 0 Å². The Morgan fingerprint density at radius 3 is 2.47 bits per heavy atom. The predicted octanol–water partition coefficient (Wildman–Crippen LogP) is 2.28. The average molecular weight is 431 g/mol. The summed E-state index contributed by atoms with van der Waals surface area (Å²) in [5, 5.41) is 3.90. The molecule has 7 nitrogen and oxygen atoms in total. The van der Waals surface area contributed by atoms with Crippen LogP contribution in [0.1, 0.15) is 17.5 Å². The first-order valence-corrected chi connectivity index (χ1v) is 9.14. The molecule has 0 radical (unpaired) electrons. The third-order valence-corrected chi connectivity index (χ3v) is 5.45. The van der Waals surface area contributed by atoms with Gasteiger partial charge in [-0.3, -0.25) is 24.4 Å². The first-order chi connectivity index (χ1) is 13.8. The molecule has 0 spiro atoms. The molecule has 3 heterocycles. The maximum atomic E-state index is 14.2. The Kier molecular flexibility index (Phi) is 4.35. The number of benzene rings is 1. The van der Waals surface area contributed by atoms with Gasteiger partial charge in [0, 0.05) is 13.0 Å². The molecule has 162 valence electrons. The van der Waals surface area contributed by atoms with E-state index in [1.807, 2.05) is 5.32 Å². The highest BCUT2D eigenvalue weighted by Gasteiger charge is 2.67. The lowest BCUT2D eigenvalue weighted by molar-refractivity contribution is -0.217. The number of hydrogen-bond donors (Lipinski definition) is 2. The van der Waals surface area contributed by atoms with Crippen LogP contribution < -0.4 is 10.6 Å². The van der Waals surface area contributed by atoms with E-state index in [4.69, 9.17) is 0 Å². The van der Waals surface area contributed by atoms with Crippen LogP contribution in [-0.2, 0) is 15.3 Å². The van der Waals surface area contributed by atoms with Crippen molar-refractivity contribution >= 4 is 28.8 Å². The number of imidazole rings is 1. The number of nitrogens with zero attached hydrogens (tertiary/aromatic N) is 3. The Labute approximate surface area is 167 Å². The third kappa shape index (κ3) is 3.01. The molecular formula is C18H18F5N5O2. The van der Waals surface area contributed by atoms with Gasteiger partial charge in [-0.05, 0) is 37.1 Å². The van der Waals surface area contributed by atoms with Gasteiger partial charge >= 0.3 is 6.18 Å². The summed E-state index contributed by atoms with van der Waals surface area (Å²) in [4.78, 5) is 30.1. The molecule has 2 N–H and O–H groups in total. The molecule has 2 aliphatic heterocycles. The number of halogens is 5. The van der Waals surface area contributed by atoms with E-state index >= 15 is 0 Å². The van der Waals surface area contributed by atoms with Crippen LogP contribution in [-0.4, -0.2) is 58.0 Å². The number of alkyl halides is 5. The summed E-state index contributed by atoms with van der Waals surface area (Å²) in [6.07, 6.45) is -5.66. The number of aryl methyl sites for hydroxylation is 2. The minimum atomic E-state index is -5.19. The largest absolute Gasteiger partial charge is 0.440 e. The van der Waals surface area contributed by atoms with E-state index < -0.39 is 49.1 Å². The zero-order valence-corrected chi connectivity index (χ0v) is 16.0. The van der Waals surface area contributed by atoms with Crippen molar-refractivity contribution in [2.24, 2.45) is 0 Å². The normalized spacial score (nSPS) is 23.2. The smallest absolute Gasteiger partial charge is 0.317 e. The molecule has 12 heteroatoms. The Hall–Kier alpha value is -2.76. The average Bonchev–Trinajstić information content (AvgIpc) is 3.05. The van der Waals surface area contributed by atoms with Gasteiger partial charge in [0.15, 0.2) is 0 Å². The van der Waals surface area contributed by atoms with E-state index in [-0.39, 0.29) is 23.5 Å². The van der Waals surface area contributed by atoms with Gasteiger partial charge in [0.05, 0.1) is 24.1 Å². The minimum Gasteiger partial charge on any atom is -0.317 e. The lowest BCUT2D eigenvalue weighted by atomic mass is 10.1. The maximum absolute atomic E-state index is 14.2. The van der Waals surface area contributed by atoms with Gasteiger partial charge in [-0.15, -0.1) is 0 Å². The standard InChI is InChI=1S/C18H18F5N5O2/c1-9-5-11-12(6-10(9)2)28-15(24-11)25-14(30)17(28,18(21,22)23)26-13(29)3-4-27-7-16(19,20)8-27/h5-6H,3-4,7-8H2,1-2H3,(H,26,29)(H,24,25,30). The number of fused-ring (bicyclic) bond motifs is 3. The first-order valence-electron chi connectivity index (χ1n) is 9.14. The molecule has 1 unspecified atom stereocenters.